The number of carbonyl (C=O) groups excluding carboxylic acids is 2. The van der Waals surface area contributed by atoms with Gasteiger partial charge in [-0.1, -0.05) is 58.7 Å². The highest BCUT2D eigenvalue weighted by molar-refractivity contribution is 7.12. The molecule has 1 fully saturated rings. The number of carboxylic acids is 1. The number of nitrogens with two attached hydrogens (primary N) is 1. The van der Waals surface area contributed by atoms with Crippen LogP contribution in [-0.4, -0.2) is 61.9 Å². The molecule has 0 aliphatic carbocycles. The number of hydrogen-bond donors (Lipinski definition) is 3. The topological polar surface area (TPSA) is 133 Å². The summed E-state index contributed by atoms with van der Waals surface area (Å²) in [5.74, 6) is -1.50. The zero-order valence-electron chi connectivity index (χ0n) is 23.9. The number of nitrogens with zero attached hydrogens (tertiary/aromatic N) is 3. The van der Waals surface area contributed by atoms with Crippen LogP contribution < -0.4 is 5.73 Å². The normalized spacial score (nSPS) is 15.8. The van der Waals surface area contributed by atoms with E-state index in [0.29, 0.717) is 29.4 Å². The Hall–Kier alpha value is -3.24. The fraction of sp³-hybridized carbons (Fsp3) is 0.533. The van der Waals surface area contributed by atoms with Crippen LogP contribution in [0.2, 0.25) is 0 Å². The maximum atomic E-state index is 14.3. The van der Waals surface area contributed by atoms with E-state index in [0.717, 1.165) is 42.1 Å². The van der Waals surface area contributed by atoms with Crippen molar-refractivity contribution in [2.75, 3.05) is 13.1 Å². The summed E-state index contributed by atoms with van der Waals surface area (Å²) < 4.78 is 0. The number of imide groups is 1. The first kappa shape index (κ1) is 29.7. The monoisotopic (exact) mass is 567 g/mol. The number of hydrogen-bond acceptors (Lipinski definition) is 6. The van der Waals surface area contributed by atoms with Gasteiger partial charge < -0.3 is 20.7 Å². The summed E-state index contributed by atoms with van der Waals surface area (Å²) in [4.78, 5) is 52.1. The van der Waals surface area contributed by atoms with E-state index in [1.54, 1.807) is 4.90 Å². The van der Waals surface area contributed by atoms with Crippen LogP contribution in [-0.2, 0) is 11.2 Å². The lowest BCUT2D eigenvalue weighted by Gasteiger charge is -2.35. The second-order valence-electron chi connectivity index (χ2n) is 11.4. The number of urea groups is 1. The van der Waals surface area contributed by atoms with Crippen LogP contribution in [0.4, 0.5) is 4.79 Å². The van der Waals surface area contributed by atoms with Gasteiger partial charge in [0.25, 0.3) is 0 Å². The Labute approximate surface area is 239 Å². The maximum absolute atomic E-state index is 14.3. The lowest BCUT2D eigenvalue weighted by molar-refractivity contribution is -0.132. The fourth-order valence-corrected chi connectivity index (χ4v) is 6.57. The molecule has 216 valence electrons. The minimum atomic E-state index is -1.12. The quantitative estimate of drug-likeness (QED) is 0.294. The Morgan fingerprint density at radius 3 is 2.38 bits per heavy atom. The molecule has 1 saturated heterocycles. The first-order chi connectivity index (χ1) is 19.1. The minimum Gasteiger partial charge on any atom is -0.476 e. The van der Waals surface area contributed by atoms with Crippen LogP contribution in [0.25, 0.3) is 10.9 Å². The third-order valence-corrected chi connectivity index (χ3v) is 8.90. The molecule has 1 aliphatic heterocycles. The van der Waals surface area contributed by atoms with E-state index in [2.05, 4.69) is 9.97 Å². The molecule has 0 saturated carbocycles. The zero-order valence-corrected chi connectivity index (χ0v) is 24.7. The molecule has 1 aliphatic rings. The lowest BCUT2D eigenvalue weighted by Crippen LogP contribution is -2.54. The first-order valence-corrected chi connectivity index (χ1v) is 15.1. The highest BCUT2D eigenvalue weighted by Gasteiger charge is 2.39. The van der Waals surface area contributed by atoms with E-state index in [9.17, 15) is 19.5 Å². The number of aromatic nitrogens is 2. The summed E-state index contributed by atoms with van der Waals surface area (Å²) in [5.41, 5.74) is 8.28. The smallest absolute Gasteiger partial charge is 0.355 e. The Morgan fingerprint density at radius 1 is 1.10 bits per heavy atom. The number of rotatable bonds is 9. The van der Waals surface area contributed by atoms with Gasteiger partial charge in [0.1, 0.15) is 5.01 Å². The van der Waals surface area contributed by atoms with Gasteiger partial charge in [-0.2, -0.15) is 0 Å². The van der Waals surface area contributed by atoms with Gasteiger partial charge in [0.05, 0.1) is 12.1 Å². The SMILES string of the molecule is CC(C)C[C@H](N)C(=O)N(C(=O)N1CCCCCC1)[C@H](Cc1c[nH]c2ccccc12)c1nc(C(=O)O)c(C(C)C)s1. The van der Waals surface area contributed by atoms with Crippen LogP contribution in [0.15, 0.2) is 30.5 Å². The number of carboxylic acid groups (broad SMARTS) is 1. The molecule has 4 N–H and O–H groups in total. The van der Waals surface area contributed by atoms with Gasteiger partial charge in [-0.3, -0.25) is 9.69 Å². The standard InChI is InChI=1S/C30H41N5O4S/c1-18(2)15-22(31)28(36)35(30(39)34-13-9-5-6-10-14-34)24(16-20-17-32-23-12-8-7-11-21(20)23)27-33-25(29(37)38)26(40-27)19(3)4/h7-8,11-12,17-19,22,24,32H,5-6,9-10,13-16,31H2,1-4H3,(H,37,38)/t22-,24+/m0/s1. The molecule has 9 nitrogen and oxygen atoms in total. The number of benzene rings is 1. The van der Waals surface area contributed by atoms with Crippen LogP contribution in [0.5, 0.6) is 0 Å². The van der Waals surface area contributed by atoms with E-state index in [4.69, 9.17) is 5.73 Å². The van der Waals surface area contributed by atoms with E-state index in [1.165, 1.54) is 16.2 Å². The van der Waals surface area contributed by atoms with Crippen LogP contribution >= 0.6 is 11.3 Å². The number of fused-ring (bicyclic) bond motifs is 1. The predicted molar refractivity (Wildman–Crippen MR) is 158 cm³/mol. The average Bonchev–Trinajstić information content (AvgIpc) is 3.44. The zero-order chi connectivity index (χ0) is 29.0. The first-order valence-electron chi connectivity index (χ1n) is 14.2. The number of aromatic carboxylic acids is 1. The molecule has 0 spiro atoms. The summed E-state index contributed by atoms with van der Waals surface area (Å²) in [6.07, 6.45) is 6.42. The van der Waals surface area contributed by atoms with Gasteiger partial charge in [-0.25, -0.2) is 14.6 Å². The van der Waals surface area contributed by atoms with Gasteiger partial charge in [-0.05, 0) is 42.7 Å². The van der Waals surface area contributed by atoms with Crippen molar-refractivity contribution in [3.63, 3.8) is 0 Å². The third-order valence-electron chi connectivity index (χ3n) is 7.44. The molecule has 0 bridgehead atoms. The van der Waals surface area contributed by atoms with E-state index < -0.39 is 24.0 Å². The van der Waals surface area contributed by atoms with E-state index in [-0.39, 0.29) is 30.0 Å². The highest BCUT2D eigenvalue weighted by Crippen LogP contribution is 2.37. The lowest BCUT2D eigenvalue weighted by atomic mass is 10.0. The number of likely N-dealkylation sites (tertiary alicyclic amines) is 1. The molecular weight excluding hydrogens is 526 g/mol. The van der Waals surface area contributed by atoms with Crippen molar-refractivity contribution in [3.05, 3.63) is 51.6 Å². The molecule has 3 heterocycles. The summed E-state index contributed by atoms with van der Waals surface area (Å²) >= 11 is 1.26. The Kier molecular flexibility index (Phi) is 9.63. The fourth-order valence-electron chi connectivity index (χ4n) is 5.42. The van der Waals surface area contributed by atoms with Crippen LogP contribution in [0.3, 0.4) is 0 Å². The molecule has 0 unspecified atom stereocenters. The minimum absolute atomic E-state index is 0.0278. The van der Waals surface area contributed by atoms with Gasteiger partial charge in [0.15, 0.2) is 5.69 Å². The number of thiazole rings is 1. The number of nitrogens with one attached hydrogen (secondary N) is 1. The molecule has 3 amide bonds. The maximum Gasteiger partial charge on any atom is 0.355 e. The molecular formula is C30H41N5O4S. The van der Waals surface area contributed by atoms with E-state index >= 15 is 0 Å². The van der Waals surface area contributed by atoms with Crippen molar-refractivity contribution in [2.24, 2.45) is 11.7 Å². The molecule has 4 rings (SSSR count). The highest BCUT2D eigenvalue weighted by atomic mass is 32.1. The third kappa shape index (κ3) is 6.55. The Morgan fingerprint density at radius 2 is 1.77 bits per heavy atom. The summed E-state index contributed by atoms with van der Waals surface area (Å²) in [6.45, 7) is 8.96. The van der Waals surface area contributed by atoms with Crippen LogP contribution in [0, 0.1) is 5.92 Å². The average molecular weight is 568 g/mol. The van der Waals surface area contributed by atoms with Crippen molar-refractivity contribution in [1.82, 2.24) is 19.8 Å². The van der Waals surface area contributed by atoms with Crippen molar-refractivity contribution in [2.45, 2.75) is 84.2 Å². The van der Waals surface area contributed by atoms with Crippen molar-refractivity contribution >= 4 is 40.1 Å². The summed E-state index contributed by atoms with van der Waals surface area (Å²) in [7, 11) is 0. The summed E-state index contributed by atoms with van der Waals surface area (Å²) in [5, 5.41) is 11.4. The number of amides is 3. The van der Waals surface area contributed by atoms with Gasteiger partial charge >= 0.3 is 12.0 Å². The molecule has 2 atom stereocenters. The second-order valence-corrected chi connectivity index (χ2v) is 12.5. The predicted octanol–water partition coefficient (Wildman–Crippen LogP) is 5.93. The number of carbonyl (C=O) groups is 3. The van der Waals surface area contributed by atoms with Crippen molar-refractivity contribution in [3.8, 4) is 0 Å². The number of para-hydroxylation sites is 1. The molecule has 3 aromatic rings. The Balaban J connectivity index is 1.87. The molecule has 40 heavy (non-hydrogen) atoms. The van der Waals surface area contributed by atoms with Gasteiger partial charge in [-0.15, -0.1) is 11.3 Å². The Bertz CT molecular complexity index is 1340. The largest absolute Gasteiger partial charge is 0.476 e. The molecule has 10 heteroatoms. The molecule has 1 aromatic carbocycles. The van der Waals surface area contributed by atoms with Gasteiger partial charge in [0.2, 0.25) is 5.91 Å². The number of aromatic amines is 1. The van der Waals surface area contributed by atoms with Gasteiger partial charge in [0, 0.05) is 41.5 Å². The van der Waals surface area contributed by atoms with E-state index in [1.807, 2.05) is 58.2 Å². The molecule has 2 aromatic heterocycles. The summed E-state index contributed by atoms with van der Waals surface area (Å²) in [6, 6.07) is 5.80. The number of H-pyrrole nitrogens is 1. The van der Waals surface area contributed by atoms with Crippen LogP contribution in [0.1, 0.15) is 97.7 Å². The van der Waals surface area contributed by atoms with Crippen molar-refractivity contribution in [1.29, 1.82) is 0 Å². The molecule has 0 radical (unpaired) electrons. The second kappa shape index (κ2) is 13.0. The van der Waals surface area contributed by atoms with Crippen molar-refractivity contribution < 1.29 is 19.5 Å².